The van der Waals surface area contributed by atoms with Crippen molar-refractivity contribution in [1.29, 1.82) is 0 Å². The zero-order valence-corrected chi connectivity index (χ0v) is 13.1. The number of hydrogen-bond acceptors (Lipinski definition) is 2. The molecule has 22 heavy (non-hydrogen) atoms. The van der Waals surface area contributed by atoms with E-state index in [1.165, 1.54) is 27.0 Å². The van der Waals surface area contributed by atoms with E-state index in [1.807, 2.05) is 6.07 Å². The summed E-state index contributed by atoms with van der Waals surface area (Å²) < 4.78 is 1.23. The SMILES string of the molecule is Cc1cccc(-c2cccc(-c3nc4ccccc4s3)c2)c1. The highest BCUT2D eigenvalue weighted by atomic mass is 32.1. The van der Waals surface area contributed by atoms with Gasteiger partial charge in [-0.25, -0.2) is 4.98 Å². The molecule has 0 spiro atoms. The van der Waals surface area contributed by atoms with Crippen molar-refractivity contribution in [1.82, 2.24) is 4.98 Å². The van der Waals surface area contributed by atoms with Crippen molar-refractivity contribution in [2.24, 2.45) is 0 Å². The maximum atomic E-state index is 4.75. The Kier molecular flexibility index (Phi) is 3.24. The van der Waals surface area contributed by atoms with Gasteiger partial charge in [-0.2, -0.15) is 0 Å². The van der Waals surface area contributed by atoms with Crippen molar-refractivity contribution in [3.8, 4) is 21.7 Å². The van der Waals surface area contributed by atoms with Gasteiger partial charge in [-0.3, -0.25) is 0 Å². The Labute approximate surface area is 133 Å². The van der Waals surface area contributed by atoms with E-state index in [-0.39, 0.29) is 0 Å². The molecule has 4 aromatic rings. The van der Waals surface area contributed by atoms with Crippen LogP contribution in [0.15, 0.2) is 72.8 Å². The van der Waals surface area contributed by atoms with Gasteiger partial charge in [0.25, 0.3) is 0 Å². The third-order valence-corrected chi connectivity index (χ3v) is 4.84. The van der Waals surface area contributed by atoms with E-state index in [2.05, 4.69) is 73.7 Å². The lowest BCUT2D eigenvalue weighted by atomic mass is 10.0. The minimum Gasteiger partial charge on any atom is -0.236 e. The van der Waals surface area contributed by atoms with Gasteiger partial charge in [0.1, 0.15) is 5.01 Å². The van der Waals surface area contributed by atoms with E-state index in [4.69, 9.17) is 4.98 Å². The third kappa shape index (κ3) is 2.42. The molecular formula is C20H15NS. The lowest BCUT2D eigenvalue weighted by Gasteiger charge is -2.05. The van der Waals surface area contributed by atoms with E-state index < -0.39 is 0 Å². The number of aromatic nitrogens is 1. The molecule has 1 nitrogen and oxygen atoms in total. The number of hydrogen-bond donors (Lipinski definition) is 0. The van der Waals surface area contributed by atoms with E-state index in [0.717, 1.165) is 10.5 Å². The second-order valence-electron chi connectivity index (χ2n) is 5.44. The van der Waals surface area contributed by atoms with Crippen LogP contribution in [-0.4, -0.2) is 4.98 Å². The first-order valence-electron chi connectivity index (χ1n) is 7.33. The van der Waals surface area contributed by atoms with Crippen LogP contribution in [0, 0.1) is 6.92 Å². The predicted octanol–water partition coefficient (Wildman–Crippen LogP) is 5.94. The van der Waals surface area contributed by atoms with Gasteiger partial charge in [0.2, 0.25) is 0 Å². The minimum absolute atomic E-state index is 1.07. The lowest BCUT2D eigenvalue weighted by molar-refractivity contribution is 1.45. The fourth-order valence-electron chi connectivity index (χ4n) is 2.65. The first-order valence-corrected chi connectivity index (χ1v) is 8.14. The summed E-state index contributed by atoms with van der Waals surface area (Å²) in [6, 6.07) is 25.5. The Hall–Kier alpha value is -2.45. The Bertz CT molecular complexity index is 920. The van der Waals surface area contributed by atoms with E-state index in [1.54, 1.807) is 11.3 Å². The molecule has 0 bridgehead atoms. The van der Waals surface area contributed by atoms with Crippen LogP contribution < -0.4 is 0 Å². The number of thiazole rings is 1. The van der Waals surface area contributed by atoms with Crippen LogP contribution in [0.2, 0.25) is 0 Å². The fraction of sp³-hybridized carbons (Fsp3) is 0.0500. The van der Waals surface area contributed by atoms with Gasteiger partial charge < -0.3 is 0 Å². The molecule has 2 heteroatoms. The molecule has 106 valence electrons. The summed E-state index contributed by atoms with van der Waals surface area (Å²) in [5.41, 5.74) is 6.02. The summed E-state index contributed by atoms with van der Waals surface area (Å²) in [7, 11) is 0. The molecule has 0 amide bonds. The molecule has 0 saturated heterocycles. The van der Waals surface area contributed by atoms with Crippen molar-refractivity contribution >= 4 is 21.6 Å². The molecular weight excluding hydrogens is 286 g/mol. The van der Waals surface area contributed by atoms with Crippen molar-refractivity contribution in [3.05, 3.63) is 78.4 Å². The van der Waals surface area contributed by atoms with Crippen LogP contribution in [0.1, 0.15) is 5.56 Å². The summed E-state index contributed by atoms with van der Waals surface area (Å²) in [5.74, 6) is 0. The van der Waals surface area contributed by atoms with Gasteiger partial charge in [0, 0.05) is 5.56 Å². The summed E-state index contributed by atoms with van der Waals surface area (Å²) in [6.07, 6.45) is 0. The Morgan fingerprint density at radius 2 is 1.45 bits per heavy atom. The molecule has 0 N–H and O–H groups in total. The second-order valence-corrected chi connectivity index (χ2v) is 6.47. The molecule has 4 rings (SSSR count). The summed E-state index contributed by atoms with van der Waals surface area (Å²) in [6.45, 7) is 2.13. The normalized spacial score (nSPS) is 11.0. The molecule has 0 aliphatic heterocycles. The molecule has 3 aromatic carbocycles. The highest BCUT2D eigenvalue weighted by Gasteiger charge is 2.07. The topological polar surface area (TPSA) is 12.9 Å². The van der Waals surface area contributed by atoms with Crippen LogP contribution in [0.4, 0.5) is 0 Å². The highest BCUT2D eigenvalue weighted by Crippen LogP contribution is 2.32. The van der Waals surface area contributed by atoms with Crippen molar-refractivity contribution < 1.29 is 0 Å². The summed E-state index contributed by atoms with van der Waals surface area (Å²) in [5, 5.41) is 1.08. The third-order valence-electron chi connectivity index (χ3n) is 3.75. The van der Waals surface area contributed by atoms with Crippen molar-refractivity contribution in [2.75, 3.05) is 0 Å². The monoisotopic (exact) mass is 301 g/mol. The van der Waals surface area contributed by atoms with Gasteiger partial charge in [-0.15, -0.1) is 11.3 Å². The van der Waals surface area contributed by atoms with Gasteiger partial charge in [0.15, 0.2) is 0 Å². The Balaban J connectivity index is 1.81. The van der Waals surface area contributed by atoms with Crippen molar-refractivity contribution in [2.45, 2.75) is 6.92 Å². The fourth-order valence-corrected chi connectivity index (χ4v) is 3.61. The summed E-state index contributed by atoms with van der Waals surface area (Å²) >= 11 is 1.75. The van der Waals surface area contributed by atoms with E-state index in [9.17, 15) is 0 Å². The molecule has 1 heterocycles. The quantitative estimate of drug-likeness (QED) is 0.446. The van der Waals surface area contributed by atoms with Gasteiger partial charge in [-0.1, -0.05) is 60.2 Å². The van der Waals surface area contributed by atoms with Gasteiger partial charge in [0.05, 0.1) is 10.2 Å². The first-order chi connectivity index (χ1) is 10.8. The Morgan fingerprint density at radius 3 is 2.27 bits per heavy atom. The van der Waals surface area contributed by atoms with E-state index >= 15 is 0 Å². The molecule has 0 aliphatic rings. The molecule has 0 unspecified atom stereocenters. The average Bonchev–Trinajstić information content (AvgIpc) is 2.99. The Morgan fingerprint density at radius 1 is 0.727 bits per heavy atom. The molecule has 0 saturated carbocycles. The number of aryl methyl sites for hydroxylation is 1. The summed E-state index contributed by atoms with van der Waals surface area (Å²) in [4.78, 5) is 4.75. The largest absolute Gasteiger partial charge is 0.236 e. The predicted molar refractivity (Wildman–Crippen MR) is 95.2 cm³/mol. The molecule has 1 aromatic heterocycles. The molecule has 0 aliphatic carbocycles. The standard InChI is InChI=1S/C20H15NS/c1-14-6-4-7-15(12-14)16-8-5-9-17(13-16)20-21-18-10-2-3-11-19(18)22-20/h2-13H,1H3. The van der Waals surface area contributed by atoms with Crippen LogP contribution in [0.25, 0.3) is 31.9 Å². The van der Waals surface area contributed by atoms with Crippen LogP contribution in [0.3, 0.4) is 0 Å². The number of nitrogens with zero attached hydrogens (tertiary/aromatic N) is 1. The van der Waals surface area contributed by atoms with E-state index in [0.29, 0.717) is 0 Å². The second kappa shape index (κ2) is 5.39. The molecule has 0 atom stereocenters. The maximum absolute atomic E-state index is 4.75. The average molecular weight is 301 g/mol. The number of fused-ring (bicyclic) bond motifs is 1. The number of para-hydroxylation sites is 1. The van der Waals surface area contributed by atoms with Gasteiger partial charge in [-0.05, 0) is 36.2 Å². The molecule has 0 radical (unpaired) electrons. The highest BCUT2D eigenvalue weighted by molar-refractivity contribution is 7.21. The number of rotatable bonds is 2. The minimum atomic E-state index is 1.07. The lowest BCUT2D eigenvalue weighted by Crippen LogP contribution is -1.81. The smallest absolute Gasteiger partial charge is 0.124 e. The first kappa shape index (κ1) is 13.2. The van der Waals surface area contributed by atoms with Crippen LogP contribution in [0.5, 0.6) is 0 Å². The van der Waals surface area contributed by atoms with Gasteiger partial charge >= 0.3 is 0 Å². The maximum Gasteiger partial charge on any atom is 0.124 e. The van der Waals surface area contributed by atoms with Crippen molar-refractivity contribution in [3.63, 3.8) is 0 Å². The number of benzene rings is 3. The zero-order chi connectivity index (χ0) is 14.9. The molecule has 0 fully saturated rings. The van der Waals surface area contributed by atoms with Crippen LogP contribution in [-0.2, 0) is 0 Å². The van der Waals surface area contributed by atoms with Crippen LogP contribution >= 0.6 is 11.3 Å². The zero-order valence-electron chi connectivity index (χ0n) is 12.3.